The van der Waals surface area contributed by atoms with Crippen molar-refractivity contribution in [1.29, 1.82) is 0 Å². The summed E-state index contributed by atoms with van der Waals surface area (Å²) in [6, 6.07) is 6.51. The van der Waals surface area contributed by atoms with Gasteiger partial charge in [0.25, 0.3) is 0 Å². The fourth-order valence-corrected chi connectivity index (χ4v) is 4.10. The van der Waals surface area contributed by atoms with Crippen LogP contribution < -0.4 is 4.74 Å². The van der Waals surface area contributed by atoms with Crippen molar-refractivity contribution in [2.24, 2.45) is 5.92 Å². The first-order chi connectivity index (χ1) is 11.9. The minimum atomic E-state index is -3.50. The van der Waals surface area contributed by atoms with Crippen LogP contribution >= 0.6 is 0 Å². The van der Waals surface area contributed by atoms with Crippen LogP contribution in [0.1, 0.15) is 48.2 Å². The highest BCUT2D eigenvalue weighted by Crippen LogP contribution is 2.31. The maximum atomic E-state index is 12.2. The molecule has 1 aromatic carbocycles. The van der Waals surface area contributed by atoms with Crippen LogP contribution in [0.3, 0.4) is 0 Å². The van der Waals surface area contributed by atoms with E-state index in [1.165, 1.54) is 50.4 Å². The Morgan fingerprint density at radius 1 is 1.24 bits per heavy atom. The summed E-state index contributed by atoms with van der Waals surface area (Å²) in [5, 5.41) is 6.23. The largest absolute Gasteiger partial charge is 0.420 e. The molecule has 3 rings (SSSR count). The van der Waals surface area contributed by atoms with Crippen LogP contribution in [0.2, 0.25) is 0 Å². The van der Waals surface area contributed by atoms with Gasteiger partial charge < -0.3 is 4.74 Å². The number of aromatic nitrogens is 2. The van der Waals surface area contributed by atoms with Gasteiger partial charge in [-0.1, -0.05) is 38.2 Å². The number of esters is 1. The van der Waals surface area contributed by atoms with Crippen LogP contribution in [0.25, 0.3) is 0 Å². The van der Waals surface area contributed by atoms with E-state index in [0.717, 1.165) is 18.2 Å². The van der Waals surface area contributed by atoms with Crippen molar-refractivity contribution in [2.45, 2.75) is 43.4 Å². The van der Waals surface area contributed by atoms with Gasteiger partial charge in [0.15, 0.2) is 9.84 Å². The molecule has 0 amide bonds. The molecule has 1 aliphatic carbocycles. The van der Waals surface area contributed by atoms with Crippen LogP contribution in [0.15, 0.2) is 35.4 Å². The van der Waals surface area contributed by atoms with Crippen LogP contribution in [0.5, 0.6) is 5.75 Å². The van der Waals surface area contributed by atoms with E-state index in [9.17, 15) is 13.2 Å². The van der Waals surface area contributed by atoms with Gasteiger partial charge in [-0.2, -0.15) is 5.10 Å². The number of aromatic amines is 1. The van der Waals surface area contributed by atoms with E-state index in [1.54, 1.807) is 6.07 Å². The van der Waals surface area contributed by atoms with Crippen LogP contribution in [-0.4, -0.2) is 30.8 Å². The smallest absolute Gasteiger partial charge is 0.361 e. The first-order valence-electron chi connectivity index (χ1n) is 8.48. The minimum absolute atomic E-state index is 0.0211. The van der Waals surface area contributed by atoms with Crippen LogP contribution in [-0.2, 0) is 16.3 Å². The zero-order chi connectivity index (χ0) is 17.9. The topological polar surface area (TPSA) is 89.1 Å². The lowest BCUT2D eigenvalue weighted by molar-refractivity contribution is 0.0724. The minimum Gasteiger partial charge on any atom is -0.420 e. The van der Waals surface area contributed by atoms with Gasteiger partial charge in [0.1, 0.15) is 16.3 Å². The summed E-state index contributed by atoms with van der Waals surface area (Å²) in [7, 11) is -3.50. The molecule has 0 bridgehead atoms. The Kier molecular flexibility index (Phi) is 5.22. The molecule has 1 heterocycles. The first kappa shape index (κ1) is 17.7. The number of carbonyl (C=O) groups excluding carboxylic acids is 1. The fourth-order valence-electron chi connectivity index (χ4n) is 3.31. The normalized spacial score (nSPS) is 15.9. The molecule has 6 nitrogen and oxygen atoms in total. The monoisotopic (exact) mass is 362 g/mol. The average Bonchev–Trinajstić information content (AvgIpc) is 3.09. The number of benzene rings is 1. The molecule has 25 heavy (non-hydrogen) atoms. The number of carbonyl (C=O) groups is 1. The SMILES string of the molecule is CS(=O)(=O)c1ccc(CC2CCCCC2)cc1OC(=O)c1ccn[nH]1. The van der Waals surface area contributed by atoms with Gasteiger partial charge in [-0.3, -0.25) is 5.10 Å². The van der Waals surface area contributed by atoms with Gasteiger partial charge in [-0.05, 0) is 36.1 Å². The molecule has 0 radical (unpaired) electrons. The second kappa shape index (κ2) is 7.39. The second-order valence-electron chi connectivity index (χ2n) is 6.62. The highest BCUT2D eigenvalue weighted by Gasteiger charge is 2.21. The Balaban J connectivity index is 1.86. The van der Waals surface area contributed by atoms with Gasteiger partial charge in [0.05, 0.1) is 0 Å². The Bertz CT molecular complexity index is 838. The molecule has 0 atom stereocenters. The van der Waals surface area contributed by atoms with Crippen molar-refractivity contribution in [3.8, 4) is 5.75 Å². The van der Waals surface area contributed by atoms with Gasteiger partial charge in [-0.15, -0.1) is 0 Å². The zero-order valence-electron chi connectivity index (χ0n) is 14.2. The van der Waals surface area contributed by atoms with E-state index >= 15 is 0 Å². The number of nitrogens with one attached hydrogen (secondary N) is 1. The van der Waals surface area contributed by atoms with E-state index in [4.69, 9.17) is 4.74 Å². The molecule has 1 aromatic heterocycles. The van der Waals surface area contributed by atoms with Crippen molar-refractivity contribution in [3.63, 3.8) is 0 Å². The molecule has 0 unspecified atom stereocenters. The maximum Gasteiger partial charge on any atom is 0.361 e. The van der Waals surface area contributed by atoms with Gasteiger partial charge in [0, 0.05) is 12.5 Å². The summed E-state index contributed by atoms with van der Waals surface area (Å²) >= 11 is 0. The Hall–Kier alpha value is -2.15. The molecule has 0 saturated heterocycles. The Morgan fingerprint density at radius 3 is 2.64 bits per heavy atom. The highest BCUT2D eigenvalue weighted by atomic mass is 32.2. The molecule has 134 valence electrons. The molecule has 2 aromatic rings. The molecule has 0 aliphatic heterocycles. The summed E-state index contributed by atoms with van der Waals surface area (Å²) in [5.74, 6) is 0.0293. The number of hydrogen-bond acceptors (Lipinski definition) is 5. The van der Waals surface area contributed by atoms with Gasteiger partial charge in [-0.25, -0.2) is 13.2 Å². The van der Waals surface area contributed by atoms with Crippen molar-refractivity contribution in [2.75, 3.05) is 6.26 Å². The van der Waals surface area contributed by atoms with E-state index < -0.39 is 15.8 Å². The van der Waals surface area contributed by atoms with E-state index in [2.05, 4.69) is 10.2 Å². The standard InChI is InChI=1S/C18H22N2O4S/c1-25(22,23)17-8-7-14(11-13-5-3-2-4-6-13)12-16(17)24-18(21)15-9-10-19-20-15/h7-10,12-13H,2-6,11H2,1H3,(H,19,20). The number of sulfone groups is 1. The van der Waals surface area contributed by atoms with Crippen molar-refractivity contribution < 1.29 is 17.9 Å². The lowest BCUT2D eigenvalue weighted by Crippen LogP contribution is -2.13. The number of nitrogens with zero attached hydrogens (tertiary/aromatic N) is 1. The van der Waals surface area contributed by atoms with E-state index in [0.29, 0.717) is 5.92 Å². The third-order valence-corrected chi connectivity index (χ3v) is 5.72. The third kappa shape index (κ3) is 4.48. The van der Waals surface area contributed by atoms with Crippen LogP contribution in [0.4, 0.5) is 0 Å². The molecule has 1 fully saturated rings. The summed E-state index contributed by atoms with van der Waals surface area (Å²) in [6.07, 6.45) is 9.58. The van der Waals surface area contributed by atoms with Crippen molar-refractivity contribution in [1.82, 2.24) is 10.2 Å². The van der Waals surface area contributed by atoms with E-state index in [-0.39, 0.29) is 16.3 Å². The summed E-state index contributed by atoms with van der Waals surface area (Å²) < 4.78 is 29.4. The Labute approximate surface area is 147 Å². The summed E-state index contributed by atoms with van der Waals surface area (Å²) in [5.41, 5.74) is 1.17. The van der Waals surface area contributed by atoms with E-state index in [1.807, 2.05) is 6.07 Å². The predicted octanol–water partition coefficient (Wildman–Crippen LogP) is 3.16. The predicted molar refractivity (Wildman–Crippen MR) is 93.4 cm³/mol. The molecular weight excluding hydrogens is 340 g/mol. The maximum absolute atomic E-state index is 12.2. The lowest BCUT2D eigenvalue weighted by Gasteiger charge is -2.22. The number of ether oxygens (including phenoxy) is 1. The number of hydrogen-bond donors (Lipinski definition) is 1. The fraction of sp³-hybridized carbons (Fsp3) is 0.444. The molecule has 7 heteroatoms. The van der Waals surface area contributed by atoms with Gasteiger partial charge >= 0.3 is 5.97 Å². The average molecular weight is 362 g/mol. The molecule has 1 saturated carbocycles. The van der Waals surface area contributed by atoms with Gasteiger partial charge in [0.2, 0.25) is 0 Å². The van der Waals surface area contributed by atoms with Crippen molar-refractivity contribution in [3.05, 3.63) is 41.7 Å². The molecule has 1 aliphatic rings. The lowest BCUT2D eigenvalue weighted by atomic mass is 9.85. The van der Waals surface area contributed by atoms with Crippen LogP contribution in [0, 0.1) is 5.92 Å². The summed E-state index contributed by atoms with van der Waals surface area (Å²) in [4.78, 5) is 12.2. The molecule has 0 spiro atoms. The molecule has 1 N–H and O–H groups in total. The quantitative estimate of drug-likeness (QED) is 0.652. The first-order valence-corrected chi connectivity index (χ1v) is 10.4. The Morgan fingerprint density at radius 2 is 2.00 bits per heavy atom. The third-order valence-electron chi connectivity index (χ3n) is 4.58. The number of H-pyrrole nitrogens is 1. The number of rotatable bonds is 5. The summed E-state index contributed by atoms with van der Waals surface area (Å²) in [6.45, 7) is 0. The van der Waals surface area contributed by atoms with Crippen molar-refractivity contribution >= 4 is 15.8 Å². The second-order valence-corrected chi connectivity index (χ2v) is 8.61. The highest BCUT2D eigenvalue weighted by molar-refractivity contribution is 7.90. The molecular formula is C18H22N2O4S. The zero-order valence-corrected chi connectivity index (χ0v) is 15.0.